The molecule has 1 aliphatic rings. The zero-order valence-electron chi connectivity index (χ0n) is 16.9. The van der Waals surface area contributed by atoms with Crippen molar-refractivity contribution in [1.29, 1.82) is 0 Å². The topological polar surface area (TPSA) is 78.5 Å². The summed E-state index contributed by atoms with van der Waals surface area (Å²) in [6.45, 7) is 3.49. The predicted octanol–water partition coefficient (Wildman–Crippen LogP) is 2.98. The largest absolute Gasteiger partial charge is 0.352 e. The van der Waals surface area contributed by atoms with E-state index in [0.29, 0.717) is 6.42 Å². The Morgan fingerprint density at radius 2 is 1.69 bits per heavy atom. The number of urea groups is 1. The van der Waals surface area contributed by atoms with Crippen LogP contribution in [0, 0.1) is 0 Å². The van der Waals surface area contributed by atoms with Crippen LogP contribution in [0.15, 0.2) is 60.7 Å². The average Bonchev–Trinajstić information content (AvgIpc) is 2.98. The molecule has 152 valence electrons. The molecule has 2 N–H and O–H groups in total. The number of nitrogens with one attached hydrogen (secondary N) is 2. The summed E-state index contributed by atoms with van der Waals surface area (Å²) in [7, 11) is 0. The van der Waals surface area contributed by atoms with Crippen molar-refractivity contribution in [2.45, 2.75) is 44.7 Å². The molecule has 0 saturated carbocycles. The molecule has 2 atom stereocenters. The van der Waals surface area contributed by atoms with Gasteiger partial charge in [0, 0.05) is 6.04 Å². The Hall–Kier alpha value is -3.15. The number of nitrogens with zero attached hydrogens (tertiary/aromatic N) is 1. The second-order valence-corrected chi connectivity index (χ2v) is 7.44. The van der Waals surface area contributed by atoms with Crippen LogP contribution in [-0.2, 0) is 21.5 Å². The maximum absolute atomic E-state index is 13.1. The summed E-state index contributed by atoms with van der Waals surface area (Å²) in [6, 6.07) is 18.6. The molecule has 0 spiro atoms. The van der Waals surface area contributed by atoms with Gasteiger partial charge in [0.15, 0.2) is 0 Å². The number of imide groups is 1. The Balaban J connectivity index is 1.60. The standard InChI is InChI=1S/C23H27N3O3/c1-3-23(19-12-8-5-9-13-19)21(28)26(22(29)25-23)16-20(27)24-17(2)14-15-18-10-6-4-7-11-18/h4-13,17H,3,14-16H2,1-2H3,(H,24,27)(H,25,29)/t17-,23-/m1/s1. The van der Waals surface area contributed by atoms with Gasteiger partial charge in [0.05, 0.1) is 0 Å². The molecule has 0 radical (unpaired) electrons. The maximum Gasteiger partial charge on any atom is 0.325 e. The van der Waals surface area contributed by atoms with Crippen LogP contribution < -0.4 is 10.6 Å². The van der Waals surface area contributed by atoms with Gasteiger partial charge in [-0.2, -0.15) is 0 Å². The summed E-state index contributed by atoms with van der Waals surface area (Å²) in [5.74, 6) is -0.725. The van der Waals surface area contributed by atoms with Gasteiger partial charge in [-0.05, 0) is 37.3 Å². The molecule has 1 fully saturated rings. The van der Waals surface area contributed by atoms with Crippen molar-refractivity contribution in [3.05, 3.63) is 71.8 Å². The highest BCUT2D eigenvalue weighted by atomic mass is 16.2. The average molecular weight is 393 g/mol. The van der Waals surface area contributed by atoms with Gasteiger partial charge in [0.25, 0.3) is 5.91 Å². The molecule has 0 aromatic heterocycles. The van der Waals surface area contributed by atoms with Crippen LogP contribution in [0.5, 0.6) is 0 Å². The lowest BCUT2D eigenvalue weighted by atomic mass is 9.87. The van der Waals surface area contributed by atoms with Gasteiger partial charge in [-0.1, -0.05) is 67.6 Å². The zero-order valence-corrected chi connectivity index (χ0v) is 16.9. The maximum atomic E-state index is 13.1. The van der Waals surface area contributed by atoms with Crippen LogP contribution in [0.25, 0.3) is 0 Å². The molecule has 2 aromatic carbocycles. The van der Waals surface area contributed by atoms with Crippen molar-refractivity contribution < 1.29 is 14.4 Å². The molecule has 4 amide bonds. The molecule has 0 bridgehead atoms. The van der Waals surface area contributed by atoms with E-state index in [1.165, 1.54) is 5.56 Å². The van der Waals surface area contributed by atoms with Gasteiger partial charge in [-0.25, -0.2) is 4.79 Å². The Morgan fingerprint density at radius 3 is 2.31 bits per heavy atom. The molecule has 1 heterocycles. The summed E-state index contributed by atoms with van der Waals surface area (Å²) in [5.41, 5.74) is 0.815. The molecule has 29 heavy (non-hydrogen) atoms. The molecule has 6 heteroatoms. The summed E-state index contributed by atoms with van der Waals surface area (Å²) < 4.78 is 0. The number of hydrogen-bond donors (Lipinski definition) is 2. The summed E-state index contributed by atoms with van der Waals surface area (Å²) in [4.78, 5) is 39.0. The van der Waals surface area contributed by atoms with Gasteiger partial charge in [-0.15, -0.1) is 0 Å². The number of hydrogen-bond acceptors (Lipinski definition) is 3. The molecule has 3 rings (SSSR count). The minimum atomic E-state index is -1.11. The summed E-state index contributed by atoms with van der Waals surface area (Å²) in [6.07, 6.45) is 2.03. The Bertz CT molecular complexity index is 869. The normalized spacial score (nSPS) is 19.7. The van der Waals surface area contributed by atoms with Crippen LogP contribution >= 0.6 is 0 Å². The van der Waals surface area contributed by atoms with Gasteiger partial charge in [-0.3, -0.25) is 14.5 Å². The first kappa shape index (κ1) is 20.6. The lowest BCUT2D eigenvalue weighted by Gasteiger charge is -2.25. The van der Waals surface area contributed by atoms with Crippen LogP contribution in [0.3, 0.4) is 0 Å². The number of rotatable bonds is 8. The molecule has 2 aromatic rings. The highest BCUT2D eigenvalue weighted by Crippen LogP contribution is 2.32. The lowest BCUT2D eigenvalue weighted by Crippen LogP contribution is -2.45. The Labute approximate surface area is 171 Å². The van der Waals surface area contributed by atoms with Gasteiger partial charge in [0.2, 0.25) is 5.91 Å². The Morgan fingerprint density at radius 1 is 1.07 bits per heavy atom. The first-order valence-electron chi connectivity index (χ1n) is 9.99. The molecule has 0 aliphatic carbocycles. The molecule has 1 saturated heterocycles. The number of amides is 4. The zero-order chi connectivity index (χ0) is 20.9. The third-order valence-corrected chi connectivity index (χ3v) is 5.39. The van der Waals surface area contributed by atoms with Crippen molar-refractivity contribution >= 4 is 17.8 Å². The minimum Gasteiger partial charge on any atom is -0.352 e. The smallest absolute Gasteiger partial charge is 0.325 e. The number of carbonyl (C=O) groups is 3. The van der Waals surface area contributed by atoms with Crippen molar-refractivity contribution in [2.75, 3.05) is 6.54 Å². The second-order valence-electron chi connectivity index (χ2n) is 7.44. The second kappa shape index (κ2) is 8.90. The lowest BCUT2D eigenvalue weighted by molar-refractivity contribution is -0.135. The fourth-order valence-electron chi connectivity index (χ4n) is 3.70. The monoisotopic (exact) mass is 393 g/mol. The number of aryl methyl sites for hydroxylation is 1. The molecular weight excluding hydrogens is 366 g/mol. The fourth-order valence-corrected chi connectivity index (χ4v) is 3.70. The predicted molar refractivity (Wildman–Crippen MR) is 111 cm³/mol. The molecule has 6 nitrogen and oxygen atoms in total. The first-order valence-corrected chi connectivity index (χ1v) is 9.99. The third-order valence-electron chi connectivity index (χ3n) is 5.39. The van der Waals surface area contributed by atoms with Crippen LogP contribution in [0.1, 0.15) is 37.8 Å². The van der Waals surface area contributed by atoms with Crippen molar-refractivity contribution in [3.63, 3.8) is 0 Å². The molecule has 1 aliphatic heterocycles. The fraction of sp³-hybridized carbons (Fsp3) is 0.348. The van der Waals surface area contributed by atoms with E-state index in [0.717, 1.165) is 23.3 Å². The SMILES string of the molecule is CC[C@]1(c2ccccc2)NC(=O)N(CC(=O)N[C@H](C)CCc2ccccc2)C1=O. The van der Waals surface area contributed by atoms with E-state index >= 15 is 0 Å². The number of carbonyl (C=O) groups excluding carboxylic acids is 3. The highest BCUT2D eigenvalue weighted by molar-refractivity contribution is 6.09. The van der Waals surface area contributed by atoms with Crippen molar-refractivity contribution in [3.8, 4) is 0 Å². The molecule has 0 unspecified atom stereocenters. The van der Waals surface area contributed by atoms with E-state index in [-0.39, 0.29) is 24.4 Å². The number of benzene rings is 2. The van der Waals surface area contributed by atoms with E-state index in [1.54, 1.807) is 0 Å². The van der Waals surface area contributed by atoms with Crippen LogP contribution in [0.4, 0.5) is 4.79 Å². The Kier molecular flexibility index (Phi) is 6.32. The third kappa shape index (κ3) is 4.47. The van der Waals surface area contributed by atoms with E-state index < -0.39 is 11.6 Å². The van der Waals surface area contributed by atoms with Crippen LogP contribution in [0.2, 0.25) is 0 Å². The highest BCUT2D eigenvalue weighted by Gasteiger charge is 2.51. The van der Waals surface area contributed by atoms with Crippen molar-refractivity contribution in [2.24, 2.45) is 0 Å². The van der Waals surface area contributed by atoms with Crippen LogP contribution in [-0.4, -0.2) is 35.3 Å². The van der Waals surface area contributed by atoms with E-state index in [2.05, 4.69) is 22.8 Å². The van der Waals surface area contributed by atoms with E-state index in [1.807, 2.05) is 62.4 Å². The first-order chi connectivity index (χ1) is 14.0. The quantitative estimate of drug-likeness (QED) is 0.677. The van der Waals surface area contributed by atoms with Crippen molar-refractivity contribution in [1.82, 2.24) is 15.5 Å². The van der Waals surface area contributed by atoms with Gasteiger partial charge < -0.3 is 10.6 Å². The van der Waals surface area contributed by atoms with E-state index in [4.69, 9.17) is 0 Å². The van der Waals surface area contributed by atoms with Gasteiger partial charge >= 0.3 is 6.03 Å². The summed E-state index contributed by atoms with van der Waals surface area (Å²) >= 11 is 0. The summed E-state index contributed by atoms with van der Waals surface area (Å²) in [5, 5.41) is 5.69. The van der Waals surface area contributed by atoms with Gasteiger partial charge in [0.1, 0.15) is 12.1 Å². The van der Waals surface area contributed by atoms with E-state index in [9.17, 15) is 14.4 Å². The minimum absolute atomic E-state index is 0.0615. The molecular formula is C23H27N3O3.